The molecular weight excluding hydrogens is 286 g/mol. The SMILES string of the molecule is Nc1cccc2c1N(Cc1ccc([N+](=O)[O-])cc1)C(=O)CO2. The number of anilines is 2. The maximum atomic E-state index is 12.1. The van der Waals surface area contributed by atoms with Crippen molar-refractivity contribution in [2.45, 2.75) is 6.54 Å². The predicted octanol–water partition coefficient (Wildman–Crippen LogP) is 2.10. The number of nitrogen functional groups attached to an aromatic ring is 1. The molecule has 7 heteroatoms. The molecule has 0 fully saturated rings. The largest absolute Gasteiger partial charge is 0.481 e. The Morgan fingerprint density at radius 3 is 2.64 bits per heavy atom. The van der Waals surface area contributed by atoms with E-state index in [0.717, 1.165) is 5.56 Å². The number of nitro benzene ring substituents is 1. The number of hydrogen-bond acceptors (Lipinski definition) is 5. The van der Waals surface area contributed by atoms with Gasteiger partial charge in [-0.2, -0.15) is 0 Å². The van der Waals surface area contributed by atoms with Crippen molar-refractivity contribution in [2.75, 3.05) is 17.2 Å². The Morgan fingerprint density at radius 2 is 1.95 bits per heavy atom. The van der Waals surface area contributed by atoms with Crippen LogP contribution in [0.2, 0.25) is 0 Å². The van der Waals surface area contributed by atoms with Gasteiger partial charge in [-0.25, -0.2) is 0 Å². The van der Waals surface area contributed by atoms with Crippen molar-refractivity contribution in [1.29, 1.82) is 0 Å². The summed E-state index contributed by atoms with van der Waals surface area (Å²) >= 11 is 0. The van der Waals surface area contributed by atoms with Crippen LogP contribution in [-0.2, 0) is 11.3 Å². The van der Waals surface area contributed by atoms with Gasteiger partial charge >= 0.3 is 0 Å². The fraction of sp³-hybridized carbons (Fsp3) is 0.133. The van der Waals surface area contributed by atoms with Crippen molar-refractivity contribution in [1.82, 2.24) is 0 Å². The Bertz CT molecular complexity index is 743. The van der Waals surface area contributed by atoms with Gasteiger partial charge in [0.2, 0.25) is 0 Å². The fourth-order valence-electron chi connectivity index (χ4n) is 2.36. The Labute approximate surface area is 126 Å². The zero-order valence-electron chi connectivity index (χ0n) is 11.6. The van der Waals surface area contributed by atoms with E-state index in [2.05, 4.69) is 0 Å². The van der Waals surface area contributed by atoms with Gasteiger partial charge in [-0.15, -0.1) is 0 Å². The van der Waals surface area contributed by atoms with Crippen LogP contribution in [0.1, 0.15) is 5.56 Å². The molecule has 0 aliphatic carbocycles. The molecule has 0 saturated carbocycles. The molecular formula is C15H13N3O4. The summed E-state index contributed by atoms with van der Waals surface area (Å²) in [4.78, 5) is 23.9. The van der Waals surface area contributed by atoms with E-state index in [-0.39, 0.29) is 24.7 Å². The van der Waals surface area contributed by atoms with Crippen LogP contribution in [-0.4, -0.2) is 17.4 Å². The summed E-state index contributed by atoms with van der Waals surface area (Å²) in [5, 5.41) is 10.7. The first-order valence-electron chi connectivity index (χ1n) is 6.61. The lowest BCUT2D eigenvalue weighted by atomic mass is 10.1. The lowest BCUT2D eigenvalue weighted by Crippen LogP contribution is -2.38. The highest BCUT2D eigenvalue weighted by atomic mass is 16.6. The number of non-ortho nitro benzene ring substituents is 1. The van der Waals surface area contributed by atoms with Gasteiger partial charge in [-0.05, 0) is 17.7 Å². The third-order valence-electron chi connectivity index (χ3n) is 3.44. The smallest absolute Gasteiger partial charge is 0.269 e. The van der Waals surface area contributed by atoms with Gasteiger partial charge in [0.25, 0.3) is 11.6 Å². The molecule has 1 aliphatic heterocycles. The number of nitrogens with zero attached hydrogens (tertiary/aromatic N) is 2. The third-order valence-corrected chi connectivity index (χ3v) is 3.44. The van der Waals surface area contributed by atoms with E-state index in [1.165, 1.54) is 17.0 Å². The highest BCUT2D eigenvalue weighted by molar-refractivity contribution is 6.01. The zero-order chi connectivity index (χ0) is 15.7. The number of carbonyl (C=O) groups excluding carboxylic acids is 1. The third kappa shape index (κ3) is 2.44. The van der Waals surface area contributed by atoms with Gasteiger partial charge < -0.3 is 10.5 Å². The molecule has 22 heavy (non-hydrogen) atoms. The first-order chi connectivity index (χ1) is 10.6. The minimum absolute atomic E-state index is 0.0111. The minimum atomic E-state index is -0.461. The summed E-state index contributed by atoms with van der Waals surface area (Å²) in [5.41, 5.74) is 7.72. The predicted molar refractivity (Wildman–Crippen MR) is 80.6 cm³/mol. The monoisotopic (exact) mass is 299 g/mol. The molecule has 0 bridgehead atoms. The highest BCUT2D eigenvalue weighted by Gasteiger charge is 2.27. The molecule has 7 nitrogen and oxygen atoms in total. The number of amides is 1. The molecule has 3 rings (SSSR count). The summed E-state index contributed by atoms with van der Waals surface area (Å²) in [5.74, 6) is 0.352. The zero-order valence-corrected chi connectivity index (χ0v) is 11.6. The molecule has 112 valence electrons. The van der Waals surface area contributed by atoms with E-state index >= 15 is 0 Å². The average Bonchev–Trinajstić information content (AvgIpc) is 2.51. The van der Waals surface area contributed by atoms with Gasteiger partial charge in [-0.1, -0.05) is 18.2 Å². The van der Waals surface area contributed by atoms with Crippen LogP contribution in [0.3, 0.4) is 0 Å². The van der Waals surface area contributed by atoms with Gasteiger partial charge in [0.1, 0.15) is 11.4 Å². The van der Waals surface area contributed by atoms with E-state index in [4.69, 9.17) is 10.5 Å². The molecule has 1 heterocycles. The van der Waals surface area contributed by atoms with Gasteiger partial charge in [-0.3, -0.25) is 19.8 Å². The molecule has 0 saturated heterocycles. The average molecular weight is 299 g/mol. The lowest BCUT2D eigenvalue weighted by molar-refractivity contribution is -0.384. The molecule has 2 aromatic carbocycles. The molecule has 2 N–H and O–H groups in total. The number of fused-ring (bicyclic) bond motifs is 1. The number of ether oxygens (including phenoxy) is 1. The summed E-state index contributed by atoms with van der Waals surface area (Å²) < 4.78 is 5.37. The van der Waals surface area contributed by atoms with Crippen molar-refractivity contribution >= 4 is 23.0 Å². The Morgan fingerprint density at radius 1 is 1.23 bits per heavy atom. The van der Waals surface area contributed by atoms with Crippen molar-refractivity contribution < 1.29 is 14.5 Å². The van der Waals surface area contributed by atoms with Crippen molar-refractivity contribution in [3.63, 3.8) is 0 Å². The summed E-state index contributed by atoms with van der Waals surface area (Å²) in [6.07, 6.45) is 0. The Kier molecular flexibility index (Phi) is 3.38. The summed E-state index contributed by atoms with van der Waals surface area (Å²) in [6, 6.07) is 11.3. The number of nitro groups is 1. The standard InChI is InChI=1S/C15H13N3O4/c16-12-2-1-3-13-15(12)17(14(19)9-22-13)8-10-4-6-11(7-5-10)18(20)21/h1-7H,8-9,16H2. The molecule has 1 aliphatic rings. The molecule has 0 unspecified atom stereocenters. The van der Waals surface area contributed by atoms with Crippen LogP contribution in [0.4, 0.5) is 17.1 Å². The highest BCUT2D eigenvalue weighted by Crippen LogP contribution is 2.37. The fourth-order valence-corrected chi connectivity index (χ4v) is 2.36. The first kappa shape index (κ1) is 13.9. The van der Waals surface area contributed by atoms with Crippen LogP contribution in [0.5, 0.6) is 5.75 Å². The van der Waals surface area contributed by atoms with Gasteiger partial charge in [0, 0.05) is 12.1 Å². The van der Waals surface area contributed by atoms with E-state index in [0.29, 0.717) is 17.1 Å². The number of benzene rings is 2. The van der Waals surface area contributed by atoms with Crippen molar-refractivity contribution in [3.8, 4) is 5.75 Å². The quantitative estimate of drug-likeness (QED) is 0.531. The van der Waals surface area contributed by atoms with E-state index < -0.39 is 4.92 Å². The topological polar surface area (TPSA) is 98.7 Å². The number of para-hydroxylation sites is 1. The van der Waals surface area contributed by atoms with Crippen LogP contribution >= 0.6 is 0 Å². The summed E-state index contributed by atoms with van der Waals surface area (Å²) in [6.45, 7) is 0.227. The molecule has 2 aromatic rings. The maximum absolute atomic E-state index is 12.1. The molecule has 1 amide bonds. The second kappa shape index (κ2) is 5.36. The Hall–Kier alpha value is -3.09. The van der Waals surface area contributed by atoms with Gasteiger partial charge in [0.15, 0.2) is 6.61 Å². The molecule has 0 radical (unpaired) electrons. The van der Waals surface area contributed by atoms with Crippen LogP contribution in [0.15, 0.2) is 42.5 Å². The van der Waals surface area contributed by atoms with E-state index in [9.17, 15) is 14.9 Å². The molecule has 0 spiro atoms. The number of hydrogen-bond donors (Lipinski definition) is 1. The van der Waals surface area contributed by atoms with Gasteiger partial charge in [0.05, 0.1) is 17.2 Å². The maximum Gasteiger partial charge on any atom is 0.269 e. The number of nitrogens with two attached hydrogens (primary N) is 1. The van der Waals surface area contributed by atoms with Crippen LogP contribution in [0.25, 0.3) is 0 Å². The van der Waals surface area contributed by atoms with Crippen LogP contribution in [0, 0.1) is 10.1 Å². The normalized spacial score (nSPS) is 13.5. The number of carbonyl (C=O) groups is 1. The molecule has 0 atom stereocenters. The minimum Gasteiger partial charge on any atom is -0.481 e. The Balaban J connectivity index is 1.92. The van der Waals surface area contributed by atoms with E-state index in [1.807, 2.05) is 0 Å². The van der Waals surface area contributed by atoms with Crippen LogP contribution < -0.4 is 15.4 Å². The van der Waals surface area contributed by atoms with E-state index in [1.54, 1.807) is 30.3 Å². The van der Waals surface area contributed by atoms with Crippen molar-refractivity contribution in [3.05, 3.63) is 58.1 Å². The second-order valence-corrected chi connectivity index (χ2v) is 4.89. The summed E-state index contributed by atoms with van der Waals surface area (Å²) in [7, 11) is 0. The molecule has 0 aromatic heterocycles. The number of rotatable bonds is 3. The lowest BCUT2D eigenvalue weighted by Gasteiger charge is -2.30. The van der Waals surface area contributed by atoms with Crippen molar-refractivity contribution in [2.24, 2.45) is 0 Å². The first-order valence-corrected chi connectivity index (χ1v) is 6.61. The second-order valence-electron chi connectivity index (χ2n) is 4.89.